The molecule has 0 unspecified atom stereocenters. The van der Waals surface area contributed by atoms with E-state index in [-0.39, 0.29) is 0 Å². The van der Waals surface area contributed by atoms with Gasteiger partial charge in [0, 0.05) is 36.1 Å². The van der Waals surface area contributed by atoms with Gasteiger partial charge in [-0.25, -0.2) is 4.98 Å². The number of aromatic nitrogens is 2. The molecule has 1 heterocycles. The molecule has 4 nitrogen and oxygen atoms in total. The number of hydrogen-bond acceptors (Lipinski definition) is 5. The molecule has 0 amide bonds. The second-order valence-electron chi connectivity index (χ2n) is 4.79. The Morgan fingerprint density at radius 1 is 1.35 bits per heavy atom. The summed E-state index contributed by atoms with van der Waals surface area (Å²) in [6, 6.07) is 10.1. The largest absolute Gasteiger partial charge is 0.393 e. The topological polar surface area (TPSA) is 55.0 Å². The zero-order chi connectivity index (χ0) is 14.5. The van der Waals surface area contributed by atoms with Crippen LogP contribution < -0.4 is 10.6 Å². The van der Waals surface area contributed by atoms with Gasteiger partial charge in [-0.1, -0.05) is 44.3 Å². The van der Waals surface area contributed by atoms with Gasteiger partial charge in [-0.3, -0.25) is 0 Å². The highest BCUT2D eigenvalue weighted by atomic mass is 32.1. The van der Waals surface area contributed by atoms with Crippen molar-refractivity contribution in [3.8, 4) is 0 Å². The molecule has 2 aromatic rings. The fourth-order valence-corrected chi connectivity index (χ4v) is 2.68. The van der Waals surface area contributed by atoms with Crippen LogP contribution in [0.5, 0.6) is 0 Å². The molecule has 2 N–H and O–H groups in total. The normalized spacial score (nSPS) is 10.8. The van der Waals surface area contributed by atoms with Gasteiger partial charge in [-0.15, -0.1) is 0 Å². The van der Waals surface area contributed by atoms with Gasteiger partial charge in [0.15, 0.2) is 0 Å². The molecule has 6 heteroatoms. The van der Waals surface area contributed by atoms with Crippen LogP contribution >= 0.6 is 23.8 Å². The highest BCUT2D eigenvalue weighted by Crippen LogP contribution is 2.28. The summed E-state index contributed by atoms with van der Waals surface area (Å²) in [7, 11) is 0. The summed E-state index contributed by atoms with van der Waals surface area (Å²) in [6.45, 7) is 4.90. The molecular formula is C14H18N4S2. The first-order chi connectivity index (χ1) is 9.58. The lowest BCUT2D eigenvalue weighted by atomic mass is 10.2. The van der Waals surface area contributed by atoms with Crippen LogP contribution in [-0.4, -0.2) is 20.9 Å². The fourth-order valence-electron chi connectivity index (χ4n) is 1.74. The number of para-hydroxylation sites is 1. The molecule has 0 aliphatic heterocycles. The number of nitrogens with zero attached hydrogens (tertiary/aromatic N) is 3. The van der Waals surface area contributed by atoms with Crippen molar-refractivity contribution in [2.45, 2.75) is 26.2 Å². The zero-order valence-corrected chi connectivity index (χ0v) is 13.2. The van der Waals surface area contributed by atoms with Gasteiger partial charge in [-0.2, -0.15) is 4.37 Å². The van der Waals surface area contributed by atoms with Crippen LogP contribution in [0, 0.1) is 0 Å². The Labute approximate surface area is 128 Å². The Bertz CT molecular complexity index is 566. The molecule has 20 heavy (non-hydrogen) atoms. The highest BCUT2D eigenvalue weighted by molar-refractivity contribution is 7.80. The molecule has 0 spiro atoms. The molecule has 0 saturated carbocycles. The van der Waals surface area contributed by atoms with E-state index in [1.165, 1.54) is 11.5 Å². The quantitative estimate of drug-likeness (QED) is 0.828. The van der Waals surface area contributed by atoms with Gasteiger partial charge in [0.25, 0.3) is 0 Å². The van der Waals surface area contributed by atoms with Crippen molar-refractivity contribution in [1.82, 2.24) is 9.36 Å². The van der Waals surface area contributed by atoms with E-state index in [1.54, 1.807) is 0 Å². The van der Waals surface area contributed by atoms with Crippen molar-refractivity contribution >= 4 is 39.6 Å². The summed E-state index contributed by atoms with van der Waals surface area (Å²) >= 11 is 6.39. The minimum atomic E-state index is 0.327. The lowest BCUT2D eigenvalue weighted by Gasteiger charge is -2.21. The first-order valence-corrected chi connectivity index (χ1v) is 7.70. The average Bonchev–Trinajstić information content (AvgIpc) is 2.90. The van der Waals surface area contributed by atoms with Crippen molar-refractivity contribution in [2.75, 3.05) is 11.4 Å². The van der Waals surface area contributed by atoms with Gasteiger partial charge in [-0.05, 0) is 12.1 Å². The Kier molecular flexibility index (Phi) is 5.03. The Hall–Kier alpha value is -1.53. The van der Waals surface area contributed by atoms with Crippen molar-refractivity contribution in [1.29, 1.82) is 0 Å². The van der Waals surface area contributed by atoms with E-state index in [0.29, 0.717) is 23.9 Å². The van der Waals surface area contributed by atoms with E-state index in [0.717, 1.165) is 16.6 Å². The number of hydrogen-bond donors (Lipinski definition) is 1. The third-order valence-electron chi connectivity index (χ3n) is 2.83. The highest BCUT2D eigenvalue weighted by Gasteiger charge is 2.16. The Morgan fingerprint density at radius 3 is 2.60 bits per heavy atom. The monoisotopic (exact) mass is 306 g/mol. The van der Waals surface area contributed by atoms with Crippen LogP contribution in [0.3, 0.4) is 0 Å². The molecule has 0 radical (unpaired) electrons. The number of thiocarbonyl (C=S) groups is 1. The van der Waals surface area contributed by atoms with Gasteiger partial charge >= 0.3 is 0 Å². The zero-order valence-electron chi connectivity index (χ0n) is 11.6. The first kappa shape index (κ1) is 14.9. The van der Waals surface area contributed by atoms with Crippen LogP contribution in [0.2, 0.25) is 0 Å². The van der Waals surface area contributed by atoms with Crippen molar-refractivity contribution in [2.24, 2.45) is 5.73 Å². The van der Waals surface area contributed by atoms with Crippen molar-refractivity contribution in [3.05, 3.63) is 36.2 Å². The molecule has 1 aromatic heterocycles. The molecule has 106 valence electrons. The minimum absolute atomic E-state index is 0.327. The summed E-state index contributed by atoms with van der Waals surface area (Å²) in [5.41, 5.74) is 6.70. The van der Waals surface area contributed by atoms with Crippen molar-refractivity contribution < 1.29 is 0 Å². The number of anilines is 2. The van der Waals surface area contributed by atoms with Crippen LogP contribution in [0.1, 0.15) is 32.0 Å². The summed E-state index contributed by atoms with van der Waals surface area (Å²) in [5, 5.41) is 0.885. The predicted molar refractivity (Wildman–Crippen MR) is 88.8 cm³/mol. The Balaban J connectivity index is 2.27. The van der Waals surface area contributed by atoms with E-state index < -0.39 is 0 Å². The summed E-state index contributed by atoms with van der Waals surface area (Å²) < 4.78 is 4.41. The average molecular weight is 306 g/mol. The molecule has 1 aromatic carbocycles. The van der Waals surface area contributed by atoms with Crippen LogP contribution in [0.25, 0.3) is 0 Å². The van der Waals surface area contributed by atoms with E-state index in [2.05, 4.69) is 40.2 Å². The molecule has 0 bridgehead atoms. The molecular weight excluding hydrogens is 288 g/mol. The number of nitrogens with two attached hydrogens (primary N) is 1. The van der Waals surface area contributed by atoms with Crippen molar-refractivity contribution in [3.63, 3.8) is 0 Å². The lowest BCUT2D eigenvalue weighted by Crippen LogP contribution is -2.23. The van der Waals surface area contributed by atoms with Crippen LogP contribution in [-0.2, 0) is 0 Å². The molecule has 0 aliphatic carbocycles. The first-order valence-electron chi connectivity index (χ1n) is 6.52. The second-order valence-corrected chi connectivity index (χ2v) is 6.05. The standard InChI is InChI=1S/C14H18N4S2/c1-10(2)13-16-14(20-17-13)18(9-8-12(15)19)11-6-4-3-5-7-11/h3-7,10H,8-9H2,1-2H3,(H2,15,19). The van der Waals surface area contributed by atoms with Gasteiger partial charge in [0.2, 0.25) is 5.13 Å². The Morgan fingerprint density at radius 2 is 2.05 bits per heavy atom. The maximum absolute atomic E-state index is 5.62. The van der Waals surface area contributed by atoms with Gasteiger partial charge in [0.05, 0.1) is 4.99 Å². The summed E-state index contributed by atoms with van der Waals surface area (Å²) in [4.78, 5) is 7.24. The van der Waals surface area contributed by atoms with Gasteiger partial charge in [0.1, 0.15) is 5.82 Å². The van der Waals surface area contributed by atoms with E-state index in [1.807, 2.05) is 18.2 Å². The maximum Gasteiger partial charge on any atom is 0.209 e. The molecule has 0 saturated heterocycles. The predicted octanol–water partition coefficient (Wildman–Crippen LogP) is 3.48. The smallest absolute Gasteiger partial charge is 0.209 e. The molecule has 0 atom stereocenters. The third-order valence-corrected chi connectivity index (χ3v) is 3.79. The second kappa shape index (κ2) is 6.76. The fraction of sp³-hybridized carbons (Fsp3) is 0.357. The maximum atomic E-state index is 5.62. The van der Waals surface area contributed by atoms with E-state index in [4.69, 9.17) is 18.0 Å². The third kappa shape index (κ3) is 3.74. The van der Waals surface area contributed by atoms with Crippen LogP contribution in [0.15, 0.2) is 30.3 Å². The van der Waals surface area contributed by atoms with E-state index in [9.17, 15) is 0 Å². The van der Waals surface area contributed by atoms with Crippen LogP contribution in [0.4, 0.5) is 10.8 Å². The minimum Gasteiger partial charge on any atom is -0.393 e. The van der Waals surface area contributed by atoms with E-state index >= 15 is 0 Å². The molecule has 2 rings (SSSR count). The lowest BCUT2D eigenvalue weighted by molar-refractivity contribution is 0.795. The molecule has 0 aliphatic rings. The summed E-state index contributed by atoms with van der Waals surface area (Å²) in [6.07, 6.45) is 0.654. The number of rotatable bonds is 6. The summed E-state index contributed by atoms with van der Waals surface area (Å²) in [5.74, 6) is 1.20. The molecule has 0 fully saturated rings. The SMILES string of the molecule is CC(C)c1nsc(N(CCC(N)=S)c2ccccc2)n1. The van der Waals surface area contributed by atoms with Gasteiger partial charge < -0.3 is 10.6 Å². The number of benzene rings is 1.